The minimum absolute atomic E-state index is 0.0691. The van der Waals surface area contributed by atoms with Crippen molar-refractivity contribution in [3.63, 3.8) is 0 Å². The van der Waals surface area contributed by atoms with Crippen molar-refractivity contribution in [2.75, 3.05) is 34.4 Å². The number of methoxy groups -OCH3 is 3. The highest BCUT2D eigenvalue weighted by Gasteiger charge is 2.30. The number of para-hydroxylation sites is 1. The van der Waals surface area contributed by atoms with Crippen LogP contribution in [-0.4, -0.2) is 39.3 Å². The molecule has 1 aliphatic heterocycles. The predicted octanol–water partition coefficient (Wildman–Crippen LogP) is 6.03. The second kappa shape index (κ2) is 10.1. The van der Waals surface area contributed by atoms with Gasteiger partial charge in [-0.3, -0.25) is 4.90 Å². The zero-order chi connectivity index (χ0) is 22.5. The Bertz CT molecular complexity index is 1110. The monoisotopic (exact) mass is 449 g/mol. The largest absolute Gasteiger partial charge is 0.496 e. The predicted molar refractivity (Wildman–Crippen MR) is 130 cm³/mol. The molecule has 1 heterocycles. The average molecular weight is 450 g/mol. The second-order valence-corrected chi connectivity index (χ2v) is 8.19. The fourth-order valence-corrected chi connectivity index (χ4v) is 4.58. The number of hydrogen-bond acceptors (Lipinski definition) is 4. The Kier molecular flexibility index (Phi) is 7.03. The maximum atomic E-state index is 6.37. The summed E-state index contributed by atoms with van der Waals surface area (Å²) in [5, 5.41) is 0.736. The topological polar surface area (TPSA) is 30.9 Å². The van der Waals surface area contributed by atoms with Gasteiger partial charge in [-0.15, -0.1) is 0 Å². The van der Waals surface area contributed by atoms with Crippen LogP contribution in [0.25, 0.3) is 6.08 Å². The quantitative estimate of drug-likeness (QED) is 0.441. The van der Waals surface area contributed by atoms with Crippen LogP contribution in [0.3, 0.4) is 0 Å². The minimum Gasteiger partial charge on any atom is -0.496 e. The van der Waals surface area contributed by atoms with Crippen LogP contribution in [0.2, 0.25) is 5.02 Å². The van der Waals surface area contributed by atoms with Crippen LogP contribution in [0.1, 0.15) is 28.3 Å². The fraction of sp³-hybridized carbons (Fsp3) is 0.259. The first-order valence-corrected chi connectivity index (χ1v) is 11.1. The summed E-state index contributed by atoms with van der Waals surface area (Å²) in [6.45, 7) is 1.72. The first kappa shape index (κ1) is 22.3. The summed E-state index contributed by atoms with van der Waals surface area (Å²) >= 11 is 6.37. The lowest BCUT2D eigenvalue weighted by molar-refractivity contribution is 0.236. The van der Waals surface area contributed by atoms with Gasteiger partial charge in [0.05, 0.1) is 27.4 Å². The summed E-state index contributed by atoms with van der Waals surface area (Å²) < 4.78 is 16.6. The van der Waals surface area contributed by atoms with Gasteiger partial charge in [-0.25, -0.2) is 0 Å². The van der Waals surface area contributed by atoms with Gasteiger partial charge in [0.2, 0.25) is 0 Å². The number of halogens is 1. The molecule has 0 aliphatic carbocycles. The third kappa shape index (κ3) is 4.62. The van der Waals surface area contributed by atoms with Gasteiger partial charge in [0.25, 0.3) is 0 Å². The van der Waals surface area contributed by atoms with Crippen LogP contribution in [0.15, 0.2) is 66.7 Å². The molecule has 4 rings (SSSR count). The Balaban J connectivity index is 1.70. The minimum atomic E-state index is 0.0691. The Morgan fingerprint density at radius 1 is 0.906 bits per heavy atom. The zero-order valence-corrected chi connectivity index (χ0v) is 19.4. The van der Waals surface area contributed by atoms with Crippen molar-refractivity contribution in [3.8, 4) is 17.2 Å². The summed E-state index contributed by atoms with van der Waals surface area (Å²) in [4.78, 5) is 2.46. The second-order valence-electron chi connectivity index (χ2n) is 7.75. The number of hydrogen-bond donors (Lipinski definition) is 0. The number of rotatable bonds is 7. The average Bonchev–Trinajstić information content (AvgIpc) is 2.83. The Labute approximate surface area is 195 Å². The van der Waals surface area contributed by atoms with E-state index in [1.165, 1.54) is 11.1 Å². The molecule has 0 N–H and O–H groups in total. The molecule has 1 unspecified atom stereocenters. The molecule has 0 saturated heterocycles. The molecule has 0 radical (unpaired) electrons. The van der Waals surface area contributed by atoms with E-state index in [1.807, 2.05) is 30.3 Å². The fourth-order valence-electron chi connectivity index (χ4n) is 4.38. The third-order valence-corrected chi connectivity index (χ3v) is 6.15. The highest BCUT2D eigenvalue weighted by Crippen LogP contribution is 2.41. The number of ether oxygens (including phenoxy) is 3. The Morgan fingerprint density at radius 2 is 1.66 bits per heavy atom. The summed E-state index contributed by atoms with van der Waals surface area (Å²) in [5.74, 6) is 2.38. The van der Waals surface area contributed by atoms with Crippen LogP contribution in [0.5, 0.6) is 17.2 Å². The van der Waals surface area contributed by atoms with Crippen molar-refractivity contribution >= 4 is 17.7 Å². The molecule has 5 heteroatoms. The number of nitrogens with zero attached hydrogens (tertiary/aromatic N) is 1. The van der Waals surface area contributed by atoms with Crippen molar-refractivity contribution in [2.24, 2.45) is 0 Å². The lowest BCUT2D eigenvalue weighted by Crippen LogP contribution is -2.36. The van der Waals surface area contributed by atoms with Gasteiger partial charge in [-0.05, 0) is 53.4 Å². The van der Waals surface area contributed by atoms with E-state index in [0.717, 1.165) is 52.9 Å². The molecular weight excluding hydrogens is 422 g/mol. The molecule has 1 aliphatic rings. The van der Waals surface area contributed by atoms with Crippen molar-refractivity contribution in [3.05, 3.63) is 94.0 Å². The Morgan fingerprint density at radius 3 is 2.41 bits per heavy atom. The molecule has 166 valence electrons. The van der Waals surface area contributed by atoms with Gasteiger partial charge >= 0.3 is 0 Å². The van der Waals surface area contributed by atoms with Crippen LogP contribution < -0.4 is 14.2 Å². The Hall–Kier alpha value is -2.95. The summed E-state index contributed by atoms with van der Waals surface area (Å²) in [7, 11) is 5.05. The molecule has 0 amide bonds. The van der Waals surface area contributed by atoms with E-state index in [1.54, 1.807) is 21.3 Å². The van der Waals surface area contributed by atoms with Crippen LogP contribution in [-0.2, 0) is 6.42 Å². The zero-order valence-electron chi connectivity index (χ0n) is 18.7. The first-order chi connectivity index (χ1) is 15.6. The van der Waals surface area contributed by atoms with Crippen molar-refractivity contribution < 1.29 is 14.2 Å². The van der Waals surface area contributed by atoms with Gasteiger partial charge in [0, 0.05) is 23.7 Å². The smallest absolute Gasteiger partial charge is 0.161 e. The highest BCUT2D eigenvalue weighted by molar-refractivity contribution is 6.30. The molecule has 0 fully saturated rings. The standard InChI is InChI=1S/C27H28ClNO3/c1-30-24-12-5-4-8-19(24)10-7-14-29-15-13-20-17-25(31-2)26(32-3)18-23(20)27(29)21-9-6-11-22(28)16-21/h4-12,16-18,27H,13-15H2,1-3H3. The summed E-state index contributed by atoms with van der Waals surface area (Å²) in [6, 6.07) is 20.4. The van der Waals surface area contributed by atoms with Gasteiger partial charge < -0.3 is 14.2 Å². The lowest BCUT2D eigenvalue weighted by atomic mass is 9.87. The summed E-state index contributed by atoms with van der Waals surface area (Å²) in [5.41, 5.74) is 4.73. The van der Waals surface area contributed by atoms with Crippen molar-refractivity contribution in [1.29, 1.82) is 0 Å². The van der Waals surface area contributed by atoms with Gasteiger partial charge in [0.1, 0.15) is 5.75 Å². The van der Waals surface area contributed by atoms with Crippen LogP contribution in [0, 0.1) is 0 Å². The van der Waals surface area contributed by atoms with Gasteiger partial charge in [0.15, 0.2) is 11.5 Å². The van der Waals surface area contributed by atoms with Crippen LogP contribution >= 0.6 is 11.6 Å². The molecule has 3 aromatic rings. The number of fused-ring (bicyclic) bond motifs is 1. The SMILES string of the molecule is COc1ccccc1C=CCN1CCc2cc(OC)c(OC)cc2C1c1cccc(Cl)c1. The highest BCUT2D eigenvalue weighted by atomic mass is 35.5. The van der Waals surface area contributed by atoms with E-state index < -0.39 is 0 Å². The van der Waals surface area contributed by atoms with E-state index in [4.69, 9.17) is 25.8 Å². The van der Waals surface area contributed by atoms with E-state index in [2.05, 4.69) is 47.4 Å². The maximum absolute atomic E-state index is 6.37. The maximum Gasteiger partial charge on any atom is 0.161 e. The molecule has 0 bridgehead atoms. The normalized spacial score (nSPS) is 16.1. The molecular formula is C27H28ClNO3. The molecule has 0 spiro atoms. The molecule has 32 heavy (non-hydrogen) atoms. The summed E-state index contributed by atoms with van der Waals surface area (Å²) in [6.07, 6.45) is 5.26. The van der Waals surface area contributed by atoms with Crippen LogP contribution in [0.4, 0.5) is 0 Å². The molecule has 0 aromatic heterocycles. The van der Waals surface area contributed by atoms with Gasteiger partial charge in [-0.1, -0.05) is 54.1 Å². The molecule has 3 aromatic carbocycles. The third-order valence-electron chi connectivity index (χ3n) is 5.91. The molecule has 1 atom stereocenters. The first-order valence-electron chi connectivity index (χ1n) is 10.7. The molecule has 4 nitrogen and oxygen atoms in total. The van der Waals surface area contributed by atoms with Crippen molar-refractivity contribution in [2.45, 2.75) is 12.5 Å². The van der Waals surface area contributed by atoms with E-state index >= 15 is 0 Å². The lowest BCUT2D eigenvalue weighted by Gasteiger charge is -2.37. The van der Waals surface area contributed by atoms with E-state index in [0.29, 0.717) is 0 Å². The van der Waals surface area contributed by atoms with E-state index in [-0.39, 0.29) is 6.04 Å². The number of benzene rings is 3. The van der Waals surface area contributed by atoms with Gasteiger partial charge in [-0.2, -0.15) is 0 Å². The van der Waals surface area contributed by atoms with Crippen molar-refractivity contribution in [1.82, 2.24) is 4.90 Å². The van der Waals surface area contributed by atoms with E-state index in [9.17, 15) is 0 Å². The molecule has 0 saturated carbocycles.